The van der Waals surface area contributed by atoms with Gasteiger partial charge in [0.25, 0.3) is 0 Å². The second-order valence-electron chi connectivity index (χ2n) is 0. The first-order valence-corrected chi connectivity index (χ1v) is 0. The molecule has 0 N–H and O–H groups in total. The summed E-state index contributed by atoms with van der Waals surface area (Å²) >= 11 is 0. The summed E-state index contributed by atoms with van der Waals surface area (Å²) in [7, 11) is 0. The quantitative estimate of drug-likeness (QED) is 0.256. The smallest absolute Gasteiger partial charge is 1.00 e. The maximum Gasteiger partial charge on any atom is 2.00 e. The molecule has 41 valence electrons. The van der Waals surface area contributed by atoms with E-state index in [1.54, 1.807) is 0 Å². The van der Waals surface area contributed by atoms with Gasteiger partial charge < -0.3 is 18.8 Å². The van der Waals surface area contributed by atoms with E-state index in [0.29, 0.717) is 0 Å². The van der Waals surface area contributed by atoms with E-state index in [1.165, 1.54) is 0 Å². The molecule has 1 radical (unpaired) electrons. The molecule has 6 heteroatoms. The second-order valence-corrected chi connectivity index (χ2v) is 0. The molecule has 0 unspecified atom stereocenters. The average molecular weight is 180 g/mol. The molecule has 0 bridgehead atoms. The van der Waals surface area contributed by atoms with Crippen molar-refractivity contribution < 1.29 is 35.9 Å². The van der Waals surface area contributed by atoms with Crippen molar-refractivity contribution in [1.82, 2.24) is 0 Å². The predicted molar refractivity (Wildman–Crippen MR) is 5.75 cm³/mol. The Morgan fingerprint density at radius 2 is 0.500 bits per heavy atom. The first kappa shape index (κ1) is 141. The zero-order valence-electron chi connectivity index (χ0n) is 2.52. The van der Waals surface area contributed by atoms with Crippen LogP contribution in [0.25, 0.3) is 0 Å². The van der Waals surface area contributed by atoms with Gasteiger partial charge in [0, 0.05) is 0 Å². The summed E-state index contributed by atoms with van der Waals surface area (Å²) in [5.41, 5.74) is 0. The summed E-state index contributed by atoms with van der Waals surface area (Å²) < 4.78 is 0. The number of hydrogen-bond donors (Lipinski definition) is 0. The van der Waals surface area contributed by atoms with Crippen LogP contribution in [0.3, 0.4) is 0 Å². The molecule has 0 saturated carbocycles. The largest absolute Gasteiger partial charge is 2.00 e. The Morgan fingerprint density at radius 1 is 0.500 bits per heavy atom. The van der Waals surface area contributed by atoms with Gasteiger partial charge in [-0.3, -0.25) is 0 Å². The van der Waals surface area contributed by atoms with Gasteiger partial charge in [-0.2, -0.15) is 0 Å². The van der Waals surface area contributed by atoms with Crippen LogP contribution in [0.15, 0.2) is 0 Å². The molecule has 0 aromatic heterocycles. The van der Waals surface area contributed by atoms with Crippen molar-refractivity contribution in [2.75, 3.05) is 0 Å². The molecule has 0 aliphatic carbocycles. The number of hydrogen-bond acceptors (Lipinski definition) is 0. The van der Waals surface area contributed by atoms with E-state index < -0.39 is 0 Å². The van der Waals surface area contributed by atoms with Crippen LogP contribution in [-0.4, -0.2) is 37.7 Å². The van der Waals surface area contributed by atoms with Gasteiger partial charge in [0.05, 0.1) is 0 Å². The maximum atomic E-state index is 0. The van der Waals surface area contributed by atoms with Gasteiger partial charge in [0.1, 0.15) is 0 Å². The zero-order chi connectivity index (χ0) is 0. The Kier molecular flexibility index (Phi) is 2050. The average Bonchev–Trinajstić information content (AvgIpc) is 0. The van der Waals surface area contributed by atoms with Crippen LogP contribution < -0.4 is 18.8 Å². The first-order chi connectivity index (χ1) is 0. The van der Waals surface area contributed by atoms with Crippen LogP contribution >= 0.6 is 0 Å². The van der Waals surface area contributed by atoms with Crippen LogP contribution in [0.5, 0.6) is 0 Å². The predicted octanol–water partition coefficient (Wildman–Crippen LogP) is -12.4. The third-order valence-electron chi connectivity index (χ3n) is 0. The Labute approximate surface area is 73.0 Å². The van der Waals surface area contributed by atoms with Crippen molar-refractivity contribution in [1.29, 1.82) is 0 Å². The summed E-state index contributed by atoms with van der Waals surface area (Å²) in [5.74, 6) is 0. The van der Waals surface area contributed by atoms with E-state index >= 15 is 0 Å². The molecule has 0 aliphatic heterocycles. The van der Waals surface area contributed by atoms with E-state index in [-0.39, 0.29) is 73.6 Å². The molecule has 0 amide bonds. The Hall–Kier alpha value is 1.50. The Balaban J connectivity index is 0. The minimum atomic E-state index is 0. The molecule has 0 atom stereocenters. The van der Waals surface area contributed by atoms with Gasteiger partial charge >= 0.3 is 54.8 Å². The molecule has 0 spiro atoms. The number of halogens is 4. The second kappa shape index (κ2) is 87.4. The fourth-order valence-corrected chi connectivity index (χ4v) is 0. The van der Waals surface area contributed by atoms with Gasteiger partial charge in [-0.1, -0.05) is 0 Å². The molecule has 6 heavy (non-hydrogen) atoms. The molecule has 0 aromatic carbocycles. The third-order valence-corrected chi connectivity index (χ3v) is 0. The van der Waals surface area contributed by atoms with E-state index in [9.17, 15) is 0 Å². The molecule has 0 saturated heterocycles. The molecular weight excluding hydrogens is 180 g/mol. The molecular formula is CaCuF4. The van der Waals surface area contributed by atoms with Gasteiger partial charge in [0.2, 0.25) is 0 Å². The fourth-order valence-electron chi connectivity index (χ4n) is 0. The van der Waals surface area contributed by atoms with E-state index in [0.717, 1.165) is 0 Å². The Bertz CT molecular complexity index is 7.51. The summed E-state index contributed by atoms with van der Waals surface area (Å²) in [5, 5.41) is 0. The minimum absolute atomic E-state index is 0. The van der Waals surface area contributed by atoms with Crippen molar-refractivity contribution >= 4 is 37.7 Å². The zero-order valence-corrected chi connectivity index (χ0v) is 5.67. The van der Waals surface area contributed by atoms with Gasteiger partial charge in [-0.25, -0.2) is 0 Å². The van der Waals surface area contributed by atoms with Gasteiger partial charge in [-0.15, -0.1) is 0 Å². The molecule has 0 heterocycles. The fraction of sp³-hybridized carbons (Fsp3) is 0. The maximum absolute atomic E-state index is 0. The van der Waals surface area contributed by atoms with Crippen LogP contribution in [0.1, 0.15) is 0 Å². The normalized spacial score (nSPS) is 0. The van der Waals surface area contributed by atoms with E-state index in [1.807, 2.05) is 0 Å². The van der Waals surface area contributed by atoms with Crippen molar-refractivity contribution in [3.63, 3.8) is 0 Å². The van der Waals surface area contributed by atoms with Crippen LogP contribution in [0, 0.1) is 0 Å². The summed E-state index contributed by atoms with van der Waals surface area (Å²) in [6, 6.07) is 0. The summed E-state index contributed by atoms with van der Waals surface area (Å²) in [4.78, 5) is 0. The SMILES string of the molecule is [Ca+2].[Cu+2].[F-].[F-].[F-].[F-]. The standard InChI is InChI=1S/Ca.Cu.4FH/h;;4*1H/q2*+2;;;;/p-4. The Morgan fingerprint density at radius 3 is 0.500 bits per heavy atom. The molecule has 0 aliphatic rings. The van der Waals surface area contributed by atoms with Crippen molar-refractivity contribution in [2.45, 2.75) is 0 Å². The van der Waals surface area contributed by atoms with Crippen molar-refractivity contribution in [3.8, 4) is 0 Å². The van der Waals surface area contributed by atoms with Gasteiger partial charge in [0.15, 0.2) is 0 Å². The minimum Gasteiger partial charge on any atom is -1.00 e. The van der Waals surface area contributed by atoms with Crippen LogP contribution in [-0.2, 0) is 17.1 Å². The van der Waals surface area contributed by atoms with Crippen LogP contribution in [0.2, 0.25) is 0 Å². The van der Waals surface area contributed by atoms with Crippen molar-refractivity contribution in [3.05, 3.63) is 0 Å². The molecule has 0 rings (SSSR count). The summed E-state index contributed by atoms with van der Waals surface area (Å²) in [6.45, 7) is 0. The van der Waals surface area contributed by atoms with Crippen LogP contribution in [0.4, 0.5) is 0 Å². The molecule has 0 nitrogen and oxygen atoms in total. The topological polar surface area (TPSA) is 0 Å². The van der Waals surface area contributed by atoms with E-state index in [2.05, 4.69) is 0 Å². The third kappa shape index (κ3) is 49.5. The molecule has 0 aromatic rings. The number of rotatable bonds is 0. The summed E-state index contributed by atoms with van der Waals surface area (Å²) in [6.07, 6.45) is 0. The monoisotopic (exact) mass is 179 g/mol. The van der Waals surface area contributed by atoms with E-state index in [4.69, 9.17) is 0 Å². The molecule has 0 fully saturated rings. The van der Waals surface area contributed by atoms with Gasteiger partial charge in [-0.05, 0) is 0 Å². The van der Waals surface area contributed by atoms with Crippen molar-refractivity contribution in [2.24, 2.45) is 0 Å². The first-order valence-electron chi connectivity index (χ1n) is 0.